The molecule has 0 bridgehead atoms. The van der Waals surface area contributed by atoms with Gasteiger partial charge in [0, 0.05) is 6.54 Å². The molecule has 1 aromatic carbocycles. The van der Waals surface area contributed by atoms with Gasteiger partial charge in [0.15, 0.2) is 11.5 Å². The Morgan fingerprint density at radius 3 is 2.85 bits per heavy atom. The Morgan fingerprint density at radius 1 is 1.30 bits per heavy atom. The molecule has 2 N–H and O–H groups in total. The molecule has 0 aliphatic carbocycles. The lowest BCUT2D eigenvalue weighted by Crippen LogP contribution is -2.09. The van der Waals surface area contributed by atoms with Crippen LogP contribution >= 0.6 is 12.2 Å². The van der Waals surface area contributed by atoms with Crippen molar-refractivity contribution in [3.05, 3.63) is 47.0 Å². The first-order valence-electron chi connectivity index (χ1n) is 6.51. The van der Waals surface area contributed by atoms with Gasteiger partial charge in [-0.15, -0.1) is 0 Å². The third kappa shape index (κ3) is 2.30. The highest BCUT2D eigenvalue weighted by atomic mass is 32.1. The van der Waals surface area contributed by atoms with E-state index in [0.29, 0.717) is 11.3 Å². The molecule has 0 radical (unpaired) electrons. The van der Waals surface area contributed by atoms with Crippen LogP contribution in [0.5, 0.6) is 0 Å². The molecule has 20 heavy (non-hydrogen) atoms. The van der Waals surface area contributed by atoms with E-state index < -0.39 is 0 Å². The lowest BCUT2D eigenvalue weighted by molar-refractivity contribution is 0.779. The zero-order chi connectivity index (χ0) is 13.9. The van der Waals surface area contributed by atoms with Gasteiger partial charge < -0.3 is 10.3 Å². The molecule has 0 saturated carbocycles. The van der Waals surface area contributed by atoms with Gasteiger partial charge in [0.2, 0.25) is 4.77 Å². The largest absolute Gasteiger partial charge is 0.368 e. The van der Waals surface area contributed by atoms with E-state index in [1.165, 1.54) is 5.56 Å². The predicted octanol–water partition coefficient (Wildman–Crippen LogP) is 2.97. The number of nitrogens with zero attached hydrogens (tertiary/aromatic N) is 3. The van der Waals surface area contributed by atoms with Gasteiger partial charge in [-0.25, -0.2) is 9.97 Å². The zero-order valence-corrected chi connectivity index (χ0v) is 11.9. The van der Waals surface area contributed by atoms with Crippen molar-refractivity contribution in [3.8, 4) is 0 Å². The SMILES string of the molecule is CCNc1nc(=S)n(Cc2ccccc2)c2nc[nH]c12. The summed E-state index contributed by atoms with van der Waals surface area (Å²) in [5, 5.41) is 3.21. The van der Waals surface area contributed by atoms with E-state index in [1.54, 1.807) is 6.33 Å². The maximum atomic E-state index is 5.40. The van der Waals surface area contributed by atoms with E-state index in [2.05, 4.69) is 32.4 Å². The Balaban J connectivity index is 2.12. The summed E-state index contributed by atoms with van der Waals surface area (Å²) in [6.07, 6.45) is 1.67. The van der Waals surface area contributed by atoms with E-state index in [1.807, 2.05) is 29.7 Å². The Kier molecular flexibility index (Phi) is 3.47. The topological polar surface area (TPSA) is 58.5 Å². The third-order valence-corrected chi connectivity index (χ3v) is 3.39. The second kappa shape index (κ2) is 5.42. The average molecular weight is 285 g/mol. The minimum atomic E-state index is 0.532. The normalized spacial score (nSPS) is 10.8. The Morgan fingerprint density at radius 2 is 2.10 bits per heavy atom. The van der Waals surface area contributed by atoms with Crippen LogP contribution in [0.15, 0.2) is 36.7 Å². The minimum Gasteiger partial charge on any atom is -0.368 e. The van der Waals surface area contributed by atoms with E-state index in [-0.39, 0.29) is 0 Å². The first-order valence-corrected chi connectivity index (χ1v) is 6.92. The van der Waals surface area contributed by atoms with E-state index in [4.69, 9.17) is 12.2 Å². The summed E-state index contributed by atoms with van der Waals surface area (Å²) in [6, 6.07) is 10.2. The molecule has 0 aliphatic heterocycles. The smallest absolute Gasteiger partial charge is 0.203 e. The van der Waals surface area contributed by atoms with Crippen LogP contribution in [-0.2, 0) is 6.54 Å². The summed E-state index contributed by atoms with van der Waals surface area (Å²) in [4.78, 5) is 12.0. The highest BCUT2D eigenvalue weighted by molar-refractivity contribution is 7.71. The maximum absolute atomic E-state index is 5.40. The molecule has 102 valence electrons. The van der Waals surface area contributed by atoms with Gasteiger partial charge in [-0.05, 0) is 24.7 Å². The van der Waals surface area contributed by atoms with Crippen LogP contribution in [0, 0.1) is 4.77 Å². The monoisotopic (exact) mass is 285 g/mol. The first-order chi connectivity index (χ1) is 9.79. The highest BCUT2D eigenvalue weighted by Gasteiger charge is 2.10. The fourth-order valence-electron chi connectivity index (χ4n) is 2.17. The summed E-state index contributed by atoms with van der Waals surface area (Å²) in [6.45, 7) is 3.48. The van der Waals surface area contributed by atoms with Crippen LogP contribution in [0.1, 0.15) is 12.5 Å². The predicted molar refractivity (Wildman–Crippen MR) is 82.4 cm³/mol. The van der Waals surface area contributed by atoms with Crippen LogP contribution in [0.2, 0.25) is 0 Å². The van der Waals surface area contributed by atoms with Gasteiger partial charge in [0.05, 0.1) is 12.9 Å². The number of anilines is 1. The van der Waals surface area contributed by atoms with Gasteiger partial charge in [-0.3, -0.25) is 4.57 Å². The Hall–Kier alpha value is -2.21. The number of imidazole rings is 1. The van der Waals surface area contributed by atoms with Crippen molar-refractivity contribution in [1.29, 1.82) is 0 Å². The van der Waals surface area contributed by atoms with Crippen LogP contribution in [0.4, 0.5) is 5.82 Å². The molecule has 0 saturated heterocycles. The number of hydrogen-bond acceptors (Lipinski definition) is 4. The van der Waals surface area contributed by atoms with Crippen molar-refractivity contribution in [2.75, 3.05) is 11.9 Å². The summed E-state index contributed by atoms with van der Waals surface area (Å²) in [5.41, 5.74) is 2.88. The number of aromatic amines is 1. The molecule has 0 aliphatic rings. The maximum Gasteiger partial charge on any atom is 0.203 e. The van der Waals surface area contributed by atoms with E-state index in [9.17, 15) is 0 Å². The second-order valence-electron chi connectivity index (χ2n) is 4.45. The highest BCUT2D eigenvalue weighted by Crippen LogP contribution is 2.19. The first kappa shape index (κ1) is 12.8. The van der Waals surface area contributed by atoms with Crippen molar-refractivity contribution in [3.63, 3.8) is 0 Å². The van der Waals surface area contributed by atoms with Crippen molar-refractivity contribution < 1.29 is 0 Å². The number of benzene rings is 1. The lowest BCUT2D eigenvalue weighted by atomic mass is 10.2. The van der Waals surface area contributed by atoms with Crippen LogP contribution in [0.3, 0.4) is 0 Å². The van der Waals surface area contributed by atoms with Crippen molar-refractivity contribution in [2.45, 2.75) is 13.5 Å². The standard InChI is InChI=1S/C14H15N5S/c1-2-15-12-11-13(17-9-16-11)19(14(20)18-12)8-10-6-4-3-5-7-10/h3-7,9H,2,8H2,1H3,(H,16,17)(H,15,18,20). The van der Waals surface area contributed by atoms with E-state index >= 15 is 0 Å². The molecule has 0 amide bonds. The molecule has 5 nitrogen and oxygen atoms in total. The molecule has 0 unspecified atom stereocenters. The molecule has 3 aromatic rings. The van der Waals surface area contributed by atoms with Crippen LogP contribution in [0.25, 0.3) is 11.2 Å². The Labute approximate surface area is 121 Å². The molecule has 2 aromatic heterocycles. The molecule has 2 heterocycles. The van der Waals surface area contributed by atoms with Crippen LogP contribution in [-0.4, -0.2) is 26.1 Å². The minimum absolute atomic E-state index is 0.532. The summed E-state index contributed by atoms with van der Waals surface area (Å²) in [7, 11) is 0. The van der Waals surface area contributed by atoms with Crippen LogP contribution < -0.4 is 5.32 Å². The summed E-state index contributed by atoms with van der Waals surface area (Å²) < 4.78 is 2.47. The number of nitrogens with one attached hydrogen (secondary N) is 2. The van der Waals surface area contributed by atoms with Gasteiger partial charge in [0.25, 0.3) is 0 Å². The van der Waals surface area contributed by atoms with Gasteiger partial charge in [0.1, 0.15) is 5.52 Å². The molecular weight excluding hydrogens is 270 g/mol. The number of fused-ring (bicyclic) bond motifs is 1. The number of rotatable bonds is 4. The molecule has 0 fully saturated rings. The van der Waals surface area contributed by atoms with Gasteiger partial charge >= 0.3 is 0 Å². The average Bonchev–Trinajstić information content (AvgIpc) is 2.94. The van der Waals surface area contributed by atoms with Crippen molar-refractivity contribution in [2.24, 2.45) is 0 Å². The lowest BCUT2D eigenvalue weighted by Gasteiger charge is -2.10. The Bertz CT molecular complexity index is 775. The quantitative estimate of drug-likeness (QED) is 0.724. The summed E-state index contributed by atoms with van der Waals surface area (Å²) in [5.74, 6) is 0.759. The van der Waals surface area contributed by atoms with E-state index in [0.717, 1.165) is 23.5 Å². The summed E-state index contributed by atoms with van der Waals surface area (Å²) >= 11 is 5.40. The molecule has 6 heteroatoms. The molecule has 0 atom stereocenters. The number of H-pyrrole nitrogens is 1. The van der Waals surface area contributed by atoms with Gasteiger partial charge in [-0.1, -0.05) is 30.3 Å². The third-order valence-electron chi connectivity index (χ3n) is 3.08. The van der Waals surface area contributed by atoms with Gasteiger partial charge in [-0.2, -0.15) is 0 Å². The molecular formula is C14H15N5S. The zero-order valence-electron chi connectivity index (χ0n) is 11.1. The molecule has 0 spiro atoms. The fourth-order valence-corrected chi connectivity index (χ4v) is 2.41. The van der Waals surface area contributed by atoms with Crippen molar-refractivity contribution in [1.82, 2.24) is 19.5 Å². The number of aromatic nitrogens is 4. The molecule has 3 rings (SSSR count). The number of hydrogen-bond donors (Lipinski definition) is 2. The van der Waals surface area contributed by atoms with Crippen molar-refractivity contribution >= 4 is 29.2 Å². The second-order valence-corrected chi connectivity index (χ2v) is 4.81. The fraction of sp³-hybridized carbons (Fsp3) is 0.214.